The quantitative estimate of drug-likeness (QED) is 0.765. The third-order valence-corrected chi connectivity index (χ3v) is 7.87. The summed E-state index contributed by atoms with van der Waals surface area (Å²) in [7, 11) is -3.60. The fourth-order valence-corrected chi connectivity index (χ4v) is 6.01. The van der Waals surface area contributed by atoms with Crippen LogP contribution in [-0.4, -0.2) is 74.3 Å². The van der Waals surface area contributed by atoms with E-state index >= 15 is 0 Å². The Hall–Kier alpha value is -0.800. The standard InChI is InChI=1S/C17H24ClN3O3S2/c18-16-4-3-14(26(23,24)21-9-11-25-12-10-21)13-15(16)17(22)19-5-8-20-6-1-2-7-20/h3-4,13H,1-2,5-12H2,(H,19,22). The minimum atomic E-state index is -3.60. The van der Waals surface area contributed by atoms with E-state index < -0.39 is 10.0 Å². The summed E-state index contributed by atoms with van der Waals surface area (Å²) in [4.78, 5) is 14.9. The van der Waals surface area contributed by atoms with Gasteiger partial charge in [0.05, 0.1) is 15.5 Å². The van der Waals surface area contributed by atoms with E-state index in [-0.39, 0.29) is 21.4 Å². The molecule has 26 heavy (non-hydrogen) atoms. The molecule has 3 rings (SSSR count). The van der Waals surface area contributed by atoms with Crippen molar-refractivity contribution in [3.8, 4) is 0 Å². The number of rotatable bonds is 6. The van der Waals surface area contributed by atoms with Gasteiger partial charge in [-0.3, -0.25) is 4.79 Å². The topological polar surface area (TPSA) is 69.7 Å². The lowest BCUT2D eigenvalue weighted by Gasteiger charge is -2.25. The van der Waals surface area contributed by atoms with Crippen molar-refractivity contribution in [3.05, 3.63) is 28.8 Å². The third kappa shape index (κ3) is 4.72. The molecule has 1 N–H and O–H groups in total. The number of sulfonamides is 1. The molecule has 2 saturated heterocycles. The average Bonchev–Trinajstić information content (AvgIpc) is 3.16. The van der Waals surface area contributed by atoms with Crippen LogP contribution in [-0.2, 0) is 10.0 Å². The van der Waals surface area contributed by atoms with E-state index in [0.717, 1.165) is 31.1 Å². The number of thioether (sulfide) groups is 1. The molecule has 2 aliphatic heterocycles. The number of hydrogen-bond acceptors (Lipinski definition) is 5. The van der Waals surface area contributed by atoms with Crippen LogP contribution in [0.4, 0.5) is 0 Å². The molecule has 0 unspecified atom stereocenters. The summed E-state index contributed by atoms with van der Waals surface area (Å²) in [5, 5.41) is 3.11. The Morgan fingerprint density at radius 3 is 2.54 bits per heavy atom. The molecule has 144 valence electrons. The molecule has 0 aromatic heterocycles. The summed E-state index contributed by atoms with van der Waals surface area (Å²) < 4.78 is 27.1. The van der Waals surface area contributed by atoms with E-state index in [2.05, 4.69) is 10.2 Å². The number of carbonyl (C=O) groups is 1. The molecule has 1 aromatic rings. The maximum atomic E-state index is 12.8. The molecule has 9 heteroatoms. The Labute approximate surface area is 164 Å². The first-order valence-corrected chi connectivity index (χ1v) is 11.8. The second-order valence-electron chi connectivity index (χ2n) is 6.46. The fraction of sp³-hybridized carbons (Fsp3) is 0.588. The summed E-state index contributed by atoms with van der Waals surface area (Å²) in [6.07, 6.45) is 2.41. The van der Waals surface area contributed by atoms with Crippen molar-refractivity contribution in [3.63, 3.8) is 0 Å². The van der Waals surface area contributed by atoms with Crippen molar-refractivity contribution in [2.45, 2.75) is 17.7 Å². The zero-order valence-corrected chi connectivity index (χ0v) is 17.0. The highest BCUT2D eigenvalue weighted by molar-refractivity contribution is 7.99. The molecule has 1 aromatic carbocycles. The van der Waals surface area contributed by atoms with Gasteiger partial charge in [0.25, 0.3) is 5.91 Å². The van der Waals surface area contributed by atoms with Gasteiger partial charge in [0, 0.05) is 37.7 Å². The van der Waals surface area contributed by atoms with Crippen molar-refractivity contribution in [1.82, 2.24) is 14.5 Å². The predicted molar refractivity (Wildman–Crippen MR) is 106 cm³/mol. The summed E-state index contributed by atoms with van der Waals surface area (Å²) in [6.45, 7) is 4.44. The summed E-state index contributed by atoms with van der Waals surface area (Å²) >= 11 is 7.89. The third-order valence-electron chi connectivity index (χ3n) is 4.70. The van der Waals surface area contributed by atoms with Gasteiger partial charge in [0.1, 0.15) is 0 Å². The lowest BCUT2D eigenvalue weighted by molar-refractivity contribution is 0.0949. The van der Waals surface area contributed by atoms with Gasteiger partial charge >= 0.3 is 0 Å². The van der Waals surface area contributed by atoms with Crippen molar-refractivity contribution >= 4 is 39.3 Å². The smallest absolute Gasteiger partial charge is 0.252 e. The van der Waals surface area contributed by atoms with E-state index in [4.69, 9.17) is 11.6 Å². The highest BCUT2D eigenvalue weighted by Gasteiger charge is 2.27. The van der Waals surface area contributed by atoms with Crippen LogP contribution in [0.5, 0.6) is 0 Å². The maximum absolute atomic E-state index is 12.8. The molecule has 0 atom stereocenters. The van der Waals surface area contributed by atoms with Crippen LogP contribution in [0.3, 0.4) is 0 Å². The molecule has 1 amide bonds. The van der Waals surface area contributed by atoms with Crippen LogP contribution in [0.2, 0.25) is 5.02 Å². The number of amides is 1. The first kappa shape index (κ1) is 19.9. The highest BCUT2D eigenvalue weighted by Crippen LogP contribution is 2.24. The SMILES string of the molecule is O=C(NCCN1CCCC1)c1cc(S(=O)(=O)N2CCSCC2)ccc1Cl. The fourth-order valence-electron chi connectivity index (χ4n) is 3.20. The molecule has 2 aliphatic rings. The lowest BCUT2D eigenvalue weighted by atomic mass is 10.2. The average molecular weight is 418 g/mol. The molecular weight excluding hydrogens is 394 g/mol. The van der Waals surface area contributed by atoms with Crippen LogP contribution >= 0.6 is 23.4 Å². The van der Waals surface area contributed by atoms with Gasteiger partial charge in [-0.05, 0) is 44.1 Å². The normalized spacial score (nSPS) is 19.6. The Kier molecular flexibility index (Phi) is 6.85. The van der Waals surface area contributed by atoms with Gasteiger partial charge in [-0.2, -0.15) is 16.1 Å². The summed E-state index contributed by atoms with van der Waals surface area (Å²) in [6, 6.07) is 4.35. The van der Waals surface area contributed by atoms with Gasteiger partial charge in [0.15, 0.2) is 0 Å². The van der Waals surface area contributed by atoms with Crippen LogP contribution < -0.4 is 5.32 Å². The maximum Gasteiger partial charge on any atom is 0.252 e. The predicted octanol–water partition coefficient (Wildman–Crippen LogP) is 1.90. The van der Waals surface area contributed by atoms with Crippen molar-refractivity contribution < 1.29 is 13.2 Å². The molecule has 6 nitrogen and oxygen atoms in total. The van der Waals surface area contributed by atoms with Gasteiger partial charge in [-0.15, -0.1) is 0 Å². The van der Waals surface area contributed by atoms with E-state index in [9.17, 15) is 13.2 Å². The monoisotopic (exact) mass is 417 g/mol. The number of hydrogen-bond donors (Lipinski definition) is 1. The molecule has 0 saturated carbocycles. The minimum absolute atomic E-state index is 0.124. The molecule has 0 spiro atoms. The van der Waals surface area contributed by atoms with Crippen LogP contribution in [0.15, 0.2) is 23.1 Å². The Bertz CT molecular complexity index is 746. The molecule has 2 fully saturated rings. The largest absolute Gasteiger partial charge is 0.351 e. The van der Waals surface area contributed by atoms with E-state index in [1.54, 1.807) is 11.8 Å². The van der Waals surface area contributed by atoms with Crippen LogP contribution in [0, 0.1) is 0 Å². The number of likely N-dealkylation sites (tertiary alicyclic amines) is 1. The first-order valence-electron chi connectivity index (χ1n) is 8.86. The second kappa shape index (κ2) is 8.93. The van der Waals surface area contributed by atoms with Crippen LogP contribution in [0.25, 0.3) is 0 Å². The Morgan fingerprint density at radius 1 is 1.15 bits per heavy atom. The molecule has 2 heterocycles. The van der Waals surface area contributed by atoms with Crippen molar-refractivity contribution in [2.75, 3.05) is 50.8 Å². The number of benzene rings is 1. The Balaban J connectivity index is 1.69. The molecule has 0 radical (unpaired) electrons. The van der Waals surface area contributed by atoms with Gasteiger partial charge in [-0.1, -0.05) is 11.6 Å². The van der Waals surface area contributed by atoms with E-state index in [0.29, 0.717) is 19.6 Å². The van der Waals surface area contributed by atoms with E-state index in [1.807, 2.05) is 0 Å². The van der Waals surface area contributed by atoms with Crippen LogP contribution in [0.1, 0.15) is 23.2 Å². The van der Waals surface area contributed by atoms with Crippen molar-refractivity contribution in [1.29, 1.82) is 0 Å². The van der Waals surface area contributed by atoms with Gasteiger partial charge < -0.3 is 10.2 Å². The highest BCUT2D eigenvalue weighted by atomic mass is 35.5. The second-order valence-corrected chi connectivity index (χ2v) is 10.0. The Morgan fingerprint density at radius 2 is 1.85 bits per heavy atom. The number of carbonyl (C=O) groups excluding carboxylic acids is 1. The number of halogens is 1. The van der Waals surface area contributed by atoms with Crippen molar-refractivity contribution in [2.24, 2.45) is 0 Å². The summed E-state index contributed by atoms with van der Waals surface area (Å²) in [5.41, 5.74) is 0.209. The molecule has 0 aliphatic carbocycles. The zero-order valence-electron chi connectivity index (χ0n) is 14.6. The molecule has 0 bridgehead atoms. The number of nitrogens with zero attached hydrogens (tertiary/aromatic N) is 2. The lowest BCUT2D eigenvalue weighted by Crippen LogP contribution is -2.38. The van der Waals surface area contributed by atoms with E-state index in [1.165, 1.54) is 35.3 Å². The zero-order chi connectivity index (χ0) is 18.6. The molecular formula is C17H24ClN3O3S2. The van der Waals surface area contributed by atoms with Gasteiger partial charge in [0.2, 0.25) is 10.0 Å². The number of nitrogens with one attached hydrogen (secondary N) is 1. The minimum Gasteiger partial charge on any atom is -0.351 e. The summed E-state index contributed by atoms with van der Waals surface area (Å²) in [5.74, 6) is 1.24. The first-order chi connectivity index (χ1) is 12.5. The van der Waals surface area contributed by atoms with Gasteiger partial charge in [-0.25, -0.2) is 8.42 Å².